The molecule has 3 aromatic rings. The zero-order valence-corrected chi connectivity index (χ0v) is 18.1. The summed E-state index contributed by atoms with van der Waals surface area (Å²) in [6.45, 7) is 5.71. The highest BCUT2D eigenvalue weighted by Crippen LogP contribution is 2.24. The summed E-state index contributed by atoms with van der Waals surface area (Å²) in [5.41, 5.74) is 1.21. The normalized spacial score (nSPS) is 11.2. The number of carbonyl (C=O) groups is 2. The van der Waals surface area contributed by atoms with E-state index in [1.165, 1.54) is 30.5 Å². The first-order valence-electron chi connectivity index (χ1n) is 9.99. The molecule has 0 atom stereocenters. The molecule has 0 fully saturated rings. The summed E-state index contributed by atoms with van der Waals surface area (Å²) in [7, 11) is 0. The number of hydrogen-bond donors (Lipinski definition) is 2. The third kappa shape index (κ3) is 6.77. The van der Waals surface area contributed by atoms with Crippen LogP contribution in [0.3, 0.4) is 0 Å². The molecule has 2 aromatic carbocycles. The molecule has 0 aliphatic rings. The van der Waals surface area contributed by atoms with Gasteiger partial charge in [0.1, 0.15) is 5.75 Å². The number of amides is 2. The van der Waals surface area contributed by atoms with Crippen molar-refractivity contribution in [2.45, 2.75) is 26.3 Å². The Morgan fingerprint density at radius 1 is 1.06 bits per heavy atom. The first-order chi connectivity index (χ1) is 15.2. The van der Waals surface area contributed by atoms with E-state index in [0.29, 0.717) is 22.6 Å². The molecule has 7 heteroatoms. The maximum Gasteiger partial charge on any atom is 0.251 e. The molecule has 2 N–H and O–H groups in total. The SMILES string of the molecule is CC(C)(C)NC(=O)c1ccc(NC(=O)/C=C/c2ccc(Oc3cccnc3)c(F)c2)cc1. The minimum atomic E-state index is -0.555. The summed E-state index contributed by atoms with van der Waals surface area (Å²) < 4.78 is 19.8. The van der Waals surface area contributed by atoms with Crippen molar-refractivity contribution in [3.8, 4) is 11.5 Å². The van der Waals surface area contributed by atoms with Crippen LogP contribution in [0.2, 0.25) is 0 Å². The molecule has 32 heavy (non-hydrogen) atoms. The lowest BCUT2D eigenvalue weighted by Gasteiger charge is -2.20. The van der Waals surface area contributed by atoms with Gasteiger partial charge in [-0.1, -0.05) is 6.07 Å². The van der Waals surface area contributed by atoms with Crippen molar-refractivity contribution < 1.29 is 18.7 Å². The molecule has 0 spiro atoms. The molecular formula is C25H24FN3O3. The molecule has 0 radical (unpaired) electrons. The molecular weight excluding hydrogens is 409 g/mol. The number of aromatic nitrogens is 1. The number of pyridine rings is 1. The van der Waals surface area contributed by atoms with Gasteiger partial charge in [0, 0.05) is 29.1 Å². The van der Waals surface area contributed by atoms with E-state index in [-0.39, 0.29) is 23.1 Å². The van der Waals surface area contributed by atoms with E-state index >= 15 is 0 Å². The Labute approximate surface area is 186 Å². The maximum absolute atomic E-state index is 14.3. The van der Waals surface area contributed by atoms with E-state index < -0.39 is 5.82 Å². The van der Waals surface area contributed by atoms with E-state index in [1.807, 2.05) is 20.8 Å². The summed E-state index contributed by atoms with van der Waals surface area (Å²) in [6.07, 6.45) is 5.88. The Bertz CT molecular complexity index is 1120. The van der Waals surface area contributed by atoms with Gasteiger partial charge >= 0.3 is 0 Å². The number of carbonyl (C=O) groups excluding carboxylic acids is 2. The quantitative estimate of drug-likeness (QED) is 0.524. The number of benzene rings is 2. The second-order valence-electron chi connectivity index (χ2n) is 8.08. The van der Waals surface area contributed by atoms with Gasteiger partial charge < -0.3 is 15.4 Å². The standard InChI is InChI=1S/C25H24FN3O3/c1-25(2,3)29-24(31)18-8-10-19(11-9-18)28-23(30)13-7-17-6-12-22(21(26)15-17)32-20-5-4-14-27-16-20/h4-16H,1-3H3,(H,28,30)(H,29,31)/b13-7+. The van der Waals surface area contributed by atoms with Gasteiger partial charge in [-0.05, 0) is 80.9 Å². The fraction of sp³-hybridized carbons (Fsp3) is 0.160. The predicted molar refractivity (Wildman–Crippen MR) is 122 cm³/mol. The van der Waals surface area contributed by atoms with Crippen molar-refractivity contribution in [1.29, 1.82) is 0 Å². The van der Waals surface area contributed by atoms with Crippen LogP contribution in [0.15, 0.2) is 73.1 Å². The van der Waals surface area contributed by atoms with E-state index in [1.54, 1.807) is 48.7 Å². The number of anilines is 1. The van der Waals surface area contributed by atoms with E-state index in [0.717, 1.165) is 0 Å². The molecule has 2 amide bonds. The molecule has 6 nitrogen and oxygen atoms in total. The van der Waals surface area contributed by atoms with Crippen molar-refractivity contribution in [2.24, 2.45) is 0 Å². The van der Waals surface area contributed by atoms with Crippen molar-refractivity contribution in [1.82, 2.24) is 10.3 Å². The molecule has 0 saturated carbocycles. The molecule has 1 aromatic heterocycles. The number of halogens is 1. The van der Waals surface area contributed by atoms with Gasteiger partial charge in [0.15, 0.2) is 11.6 Å². The smallest absolute Gasteiger partial charge is 0.251 e. The minimum absolute atomic E-state index is 0.0650. The molecule has 0 unspecified atom stereocenters. The van der Waals surface area contributed by atoms with Gasteiger partial charge in [-0.3, -0.25) is 14.6 Å². The summed E-state index contributed by atoms with van der Waals surface area (Å²) in [5, 5.41) is 5.58. The highest BCUT2D eigenvalue weighted by Gasteiger charge is 2.15. The van der Waals surface area contributed by atoms with Crippen molar-refractivity contribution >= 4 is 23.6 Å². The Morgan fingerprint density at radius 3 is 2.44 bits per heavy atom. The van der Waals surface area contributed by atoms with Crippen molar-refractivity contribution in [3.63, 3.8) is 0 Å². The Hall–Kier alpha value is -4.00. The molecule has 164 valence electrons. The van der Waals surface area contributed by atoms with Gasteiger partial charge in [-0.15, -0.1) is 0 Å². The fourth-order valence-electron chi connectivity index (χ4n) is 2.71. The van der Waals surface area contributed by atoms with Crippen LogP contribution >= 0.6 is 0 Å². The second kappa shape index (κ2) is 9.87. The summed E-state index contributed by atoms with van der Waals surface area (Å²) in [6, 6.07) is 14.3. The first-order valence-corrected chi connectivity index (χ1v) is 9.99. The number of nitrogens with zero attached hydrogens (tertiary/aromatic N) is 1. The molecule has 0 bridgehead atoms. The average Bonchev–Trinajstić information content (AvgIpc) is 2.74. The van der Waals surface area contributed by atoms with Crippen LogP contribution in [0.25, 0.3) is 6.08 Å². The number of nitrogens with one attached hydrogen (secondary N) is 2. The number of rotatable bonds is 6. The highest BCUT2D eigenvalue weighted by atomic mass is 19.1. The molecule has 0 aliphatic carbocycles. The van der Waals surface area contributed by atoms with Crippen LogP contribution in [0.1, 0.15) is 36.7 Å². The summed E-state index contributed by atoms with van der Waals surface area (Å²) in [5.74, 6) is -0.632. The molecule has 0 saturated heterocycles. The molecule has 3 rings (SSSR count). The zero-order chi connectivity index (χ0) is 23.1. The van der Waals surface area contributed by atoms with Gasteiger partial charge in [0.25, 0.3) is 5.91 Å². The monoisotopic (exact) mass is 433 g/mol. The highest BCUT2D eigenvalue weighted by molar-refractivity contribution is 6.02. The third-order valence-corrected chi connectivity index (χ3v) is 4.15. The number of hydrogen-bond acceptors (Lipinski definition) is 4. The van der Waals surface area contributed by atoms with Gasteiger partial charge in [0.05, 0.1) is 6.20 Å². The topological polar surface area (TPSA) is 80.3 Å². The first kappa shape index (κ1) is 22.7. The van der Waals surface area contributed by atoms with Gasteiger partial charge in [0.2, 0.25) is 5.91 Å². The van der Waals surface area contributed by atoms with Crippen LogP contribution in [0.5, 0.6) is 11.5 Å². The van der Waals surface area contributed by atoms with E-state index in [2.05, 4.69) is 15.6 Å². The fourth-order valence-corrected chi connectivity index (χ4v) is 2.71. The lowest BCUT2D eigenvalue weighted by molar-refractivity contribution is -0.111. The van der Waals surface area contributed by atoms with Crippen molar-refractivity contribution in [2.75, 3.05) is 5.32 Å². The zero-order valence-electron chi connectivity index (χ0n) is 18.1. The molecule has 1 heterocycles. The largest absolute Gasteiger partial charge is 0.453 e. The Morgan fingerprint density at radius 2 is 1.81 bits per heavy atom. The number of ether oxygens (including phenoxy) is 1. The third-order valence-electron chi connectivity index (χ3n) is 4.15. The molecule has 0 aliphatic heterocycles. The lowest BCUT2D eigenvalue weighted by atomic mass is 10.1. The Kier molecular flexibility index (Phi) is 7.00. The van der Waals surface area contributed by atoms with E-state index in [4.69, 9.17) is 4.74 Å². The van der Waals surface area contributed by atoms with Gasteiger partial charge in [-0.25, -0.2) is 4.39 Å². The maximum atomic E-state index is 14.3. The van der Waals surface area contributed by atoms with Crippen LogP contribution < -0.4 is 15.4 Å². The van der Waals surface area contributed by atoms with E-state index in [9.17, 15) is 14.0 Å². The predicted octanol–water partition coefficient (Wildman–Crippen LogP) is 5.19. The second-order valence-corrected chi connectivity index (χ2v) is 8.08. The Balaban J connectivity index is 1.58. The average molecular weight is 433 g/mol. The van der Waals surface area contributed by atoms with Gasteiger partial charge in [-0.2, -0.15) is 0 Å². The van der Waals surface area contributed by atoms with Crippen molar-refractivity contribution in [3.05, 3.63) is 90.0 Å². The van der Waals surface area contributed by atoms with Crippen LogP contribution in [0, 0.1) is 5.82 Å². The minimum Gasteiger partial charge on any atom is -0.453 e. The van der Waals surface area contributed by atoms with Crippen LogP contribution in [-0.4, -0.2) is 22.3 Å². The lowest BCUT2D eigenvalue weighted by Crippen LogP contribution is -2.40. The van der Waals surface area contributed by atoms with Crippen LogP contribution in [-0.2, 0) is 4.79 Å². The van der Waals surface area contributed by atoms with Crippen LogP contribution in [0.4, 0.5) is 10.1 Å². The summed E-state index contributed by atoms with van der Waals surface area (Å²) in [4.78, 5) is 28.3. The summed E-state index contributed by atoms with van der Waals surface area (Å²) >= 11 is 0.